The Labute approximate surface area is 112 Å². The van der Waals surface area contributed by atoms with Crippen LogP contribution in [0.5, 0.6) is 5.75 Å². The molecule has 2 N–H and O–H groups in total. The number of nitrogens with zero attached hydrogens (tertiary/aromatic N) is 1. The molecule has 2 aromatic rings. The van der Waals surface area contributed by atoms with Crippen molar-refractivity contribution < 1.29 is 9.13 Å². The van der Waals surface area contributed by atoms with Crippen LogP contribution < -0.4 is 10.5 Å². The summed E-state index contributed by atoms with van der Waals surface area (Å²) in [7, 11) is 0. The van der Waals surface area contributed by atoms with Gasteiger partial charge in [0.15, 0.2) is 0 Å². The van der Waals surface area contributed by atoms with E-state index in [1.165, 1.54) is 6.07 Å². The summed E-state index contributed by atoms with van der Waals surface area (Å²) in [6, 6.07) is 6.79. The van der Waals surface area contributed by atoms with Crippen LogP contribution >= 0.6 is 0 Å². The first-order chi connectivity index (χ1) is 9.24. The van der Waals surface area contributed by atoms with Crippen LogP contribution in [0, 0.1) is 5.82 Å². The van der Waals surface area contributed by atoms with E-state index in [4.69, 9.17) is 10.5 Å². The highest BCUT2D eigenvalue weighted by Crippen LogP contribution is 2.26. The molecule has 0 atom stereocenters. The second-order valence-electron chi connectivity index (χ2n) is 4.28. The molecule has 19 heavy (non-hydrogen) atoms. The third-order valence-corrected chi connectivity index (χ3v) is 2.77. The van der Waals surface area contributed by atoms with Crippen molar-refractivity contribution in [3.63, 3.8) is 0 Å². The van der Waals surface area contributed by atoms with Crippen molar-refractivity contribution in [2.45, 2.75) is 19.9 Å². The average Bonchev–Trinajstić information content (AvgIpc) is 2.45. The SMILES string of the molecule is CCCOc1cncc(-c2ccc(CN)cc2F)c1. The highest BCUT2D eigenvalue weighted by molar-refractivity contribution is 5.64. The molecule has 0 unspecified atom stereocenters. The summed E-state index contributed by atoms with van der Waals surface area (Å²) >= 11 is 0. The van der Waals surface area contributed by atoms with Crippen molar-refractivity contribution >= 4 is 0 Å². The first-order valence-corrected chi connectivity index (χ1v) is 6.31. The molecule has 0 spiro atoms. The van der Waals surface area contributed by atoms with Gasteiger partial charge in [0.25, 0.3) is 0 Å². The maximum Gasteiger partial charge on any atom is 0.138 e. The molecular formula is C15H17FN2O. The quantitative estimate of drug-likeness (QED) is 0.898. The molecule has 0 amide bonds. The van der Waals surface area contributed by atoms with Gasteiger partial charge >= 0.3 is 0 Å². The Kier molecular flexibility index (Phi) is 4.47. The molecule has 0 fully saturated rings. The van der Waals surface area contributed by atoms with E-state index in [0.29, 0.717) is 30.0 Å². The minimum Gasteiger partial charge on any atom is -0.492 e. The van der Waals surface area contributed by atoms with Crippen LogP contribution in [0.3, 0.4) is 0 Å². The maximum absolute atomic E-state index is 14.0. The van der Waals surface area contributed by atoms with Gasteiger partial charge in [-0.05, 0) is 24.1 Å². The van der Waals surface area contributed by atoms with Gasteiger partial charge in [0, 0.05) is 23.9 Å². The monoisotopic (exact) mass is 260 g/mol. The van der Waals surface area contributed by atoms with Gasteiger partial charge in [0.05, 0.1) is 12.8 Å². The Morgan fingerprint density at radius 2 is 2.11 bits per heavy atom. The lowest BCUT2D eigenvalue weighted by atomic mass is 10.0. The minimum atomic E-state index is -0.294. The van der Waals surface area contributed by atoms with E-state index in [0.717, 1.165) is 12.0 Å². The summed E-state index contributed by atoms with van der Waals surface area (Å²) in [4.78, 5) is 4.08. The van der Waals surface area contributed by atoms with Crippen LogP contribution in [0.15, 0.2) is 36.7 Å². The third kappa shape index (κ3) is 3.29. The molecule has 100 valence electrons. The van der Waals surface area contributed by atoms with E-state index in [-0.39, 0.29) is 5.82 Å². The van der Waals surface area contributed by atoms with Crippen LogP contribution in [0.4, 0.5) is 4.39 Å². The predicted octanol–water partition coefficient (Wildman–Crippen LogP) is 3.14. The fourth-order valence-electron chi connectivity index (χ4n) is 1.78. The van der Waals surface area contributed by atoms with Gasteiger partial charge in [-0.1, -0.05) is 19.1 Å². The van der Waals surface area contributed by atoms with Crippen LogP contribution in [0.25, 0.3) is 11.1 Å². The zero-order valence-corrected chi connectivity index (χ0v) is 10.9. The summed E-state index contributed by atoms with van der Waals surface area (Å²) in [6.07, 6.45) is 4.18. The molecule has 0 saturated heterocycles. The fourth-order valence-corrected chi connectivity index (χ4v) is 1.78. The molecule has 0 bridgehead atoms. The van der Waals surface area contributed by atoms with Crippen molar-refractivity contribution in [1.29, 1.82) is 0 Å². The molecule has 4 heteroatoms. The molecular weight excluding hydrogens is 243 g/mol. The van der Waals surface area contributed by atoms with Crippen LogP contribution in [0.1, 0.15) is 18.9 Å². The number of benzene rings is 1. The molecule has 3 nitrogen and oxygen atoms in total. The van der Waals surface area contributed by atoms with Gasteiger partial charge in [-0.2, -0.15) is 0 Å². The number of ether oxygens (including phenoxy) is 1. The molecule has 0 aliphatic rings. The van der Waals surface area contributed by atoms with E-state index in [2.05, 4.69) is 4.98 Å². The zero-order chi connectivity index (χ0) is 13.7. The standard InChI is InChI=1S/C15H17FN2O/c1-2-5-19-13-7-12(9-18-10-13)14-4-3-11(8-17)6-15(14)16/h3-4,6-7,9-10H,2,5,8,17H2,1H3. The van der Waals surface area contributed by atoms with E-state index in [1.54, 1.807) is 24.5 Å². The van der Waals surface area contributed by atoms with Gasteiger partial charge in [-0.15, -0.1) is 0 Å². The Bertz CT molecular complexity index is 558. The second kappa shape index (κ2) is 6.29. The summed E-state index contributed by atoms with van der Waals surface area (Å²) < 4.78 is 19.5. The minimum absolute atomic E-state index is 0.294. The van der Waals surface area contributed by atoms with Gasteiger partial charge in [-0.25, -0.2) is 4.39 Å². The number of aromatic nitrogens is 1. The number of halogens is 1. The number of rotatable bonds is 5. The Balaban J connectivity index is 2.30. The number of pyridine rings is 1. The first-order valence-electron chi connectivity index (χ1n) is 6.31. The molecule has 2 rings (SSSR count). The summed E-state index contributed by atoms with van der Waals surface area (Å²) in [5, 5.41) is 0. The lowest BCUT2D eigenvalue weighted by Gasteiger charge is -2.08. The van der Waals surface area contributed by atoms with Crippen LogP contribution in [0.2, 0.25) is 0 Å². The molecule has 1 aromatic carbocycles. The normalized spacial score (nSPS) is 10.5. The summed E-state index contributed by atoms with van der Waals surface area (Å²) in [5.41, 5.74) is 7.47. The molecule has 1 heterocycles. The Morgan fingerprint density at radius 3 is 2.79 bits per heavy atom. The number of hydrogen-bond acceptors (Lipinski definition) is 3. The topological polar surface area (TPSA) is 48.1 Å². The lowest BCUT2D eigenvalue weighted by molar-refractivity contribution is 0.316. The fraction of sp³-hybridized carbons (Fsp3) is 0.267. The summed E-state index contributed by atoms with van der Waals surface area (Å²) in [6.45, 7) is 2.98. The number of hydrogen-bond donors (Lipinski definition) is 1. The Hall–Kier alpha value is -1.94. The predicted molar refractivity (Wildman–Crippen MR) is 73.3 cm³/mol. The first kappa shape index (κ1) is 13.5. The van der Waals surface area contributed by atoms with Crippen molar-refractivity contribution in [3.05, 3.63) is 48.0 Å². The smallest absolute Gasteiger partial charge is 0.138 e. The summed E-state index contributed by atoms with van der Waals surface area (Å²) in [5.74, 6) is 0.360. The molecule has 0 saturated carbocycles. The van der Waals surface area contributed by atoms with Gasteiger partial charge in [0.1, 0.15) is 11.6 Å². The largest absolute Gasteiger partial charge is 0.492 e. The zero-order valence-electron chi connectivity index (χ0n) is 10.9. The molecule has 1 aromatic heterocycles. The maximum atomic E-state index is 14.0. The van der Waals surface area contributed by atoms with Gasteiger partial charge < -0.3 is 10.5 Å². The van der Waals surface area contributed by atoms with E-state index >= 15 is 0 Å². The molecule has 0 radical (unpaired) electrons. The van der Waals surface area contributed by atoms with Crippen molar-refractivity contribution in [2.24, 2.45) is 5.73 Å². The van der Waals surface area contributed by atoms with E-state index in [1.807, 2.05) is 13.0 Å². The van der Waals surface area contributed by atoms with Crippen molar-refractivity contribution in [2.75, 3.05) is 6.61 Å². The van der Waals surface area contributed by atoms with E-state index < -0.39 is 0 Å². The van der Waals surface area contributed by atoms with Gasteiger partial charge in [-0.3, -0.25) is 4.98 Å². The van der Waals surface area contributed by atoms with Gasteiger partial charge in [0.2, 0.25) is 0 Å². The lowest BCUT2D eigenvalue weighted by Crippen LogP contribution is -1.98. The average molecular weight is 260 g/mol. The highest BCUT2D eigenvalue weighted by atomic mass is 19.1. The van der Waals surface area contributed by atoms with E-state index in [9.17, 15) is 4.39 Å². The van der Waals surface area contributed by atoms with Crippen LogP contribution in [-0.4, -0.2) is 11.6 Å². The van der Waals surface area contributed by atoms with Crippen molar-refractivity contribution in [1.82, 2.24) is 4.98 Å². The van der Waals surface area contributed by atoms with Crippen molar-refractivity contribution in [3.8, 4) is 16.9 Å². The molecule has 0 aliphatic heterocycles. The highest BCUT2D eigenvalue weighted by Gasteiger charge is 2.07. The Morgan fingerprint density at radius 1 is 1.26 bits per heavy atom. The molecule has 0 aliphatic carbocycles. The second-order valence-corrected chi connectivity index (χ2v) is 4.28. The number of nitrogens with two attached hydrogens (primary N) is 1. The third-order valence-electron chi connectivity index (χ3n) is 2.77. The van der Waals surface area contributed by atoms with Crippen LogP contribution in [-0.2, 0) is 6.54 Å².